The number of rotatable bonds is 17. The first kappa shape index (κ1) is 44.5. The molecule has 0 radical (unpaired) electrons. The van der Waals surface area contributed by atoms with Gasteiger partial charge in [0.2, 0.25) is 33.6 Å². The van der Waals surface area contributed by atoms with Crippen molar-refractivity contribution in [3.63, 3.8) is 0 Å². The highest BCUT2D eigenvalue weighted by molar-refractivity contribution is 7.90. The quantitative estimate of drug-likeness (QED) is 0.180. The number of methoxy groups -OCH3 is 1. The van der Waals surface area contributed by atoms with Gasteiger partial charge in [0, 0.05) is 31.8 Å². The van der Waals surface area contributed by atoms with E-state index < -0.39 is 62.9 Å². The number of likely N-dealkylation sites (tertiary alicyclic amines) is 1. The van der Waals surface area contributed by atoms with Crippen LogP contribution in [-0.4, -0.2) is 98.9 Å². The lowest BCUT2D eigenvalue weighted by Gasteiger charge is -2.32. The number of pyridine rings is 1. The summed E-state index contributed by atoms with van der Waals surface area (Å²) in [6.45, 7) is 9.24. The number of alkyl carbamates (subject to hydrolysis) is 1. The van der Waals surface area contributed by atoms with E-state index >= 15 is 0 Å². The van der Waals surface area contributed by atoms with Crippen LogP contribution in [-0.2, 0) is 29.1 Å². The Balaban J connectivity index is 1.26. The van der Waals surface area contributed by atoms with Crippen molar-refractivity contribution in [2.75, 3.05) is 32.6 Å². The van der Waals surface area contributed by atoms with Gasteiger partial charge in [0.1, 0.15) is 35.4 Å². The van der Waals surface area contributed by atoms with E-state index in [9.17, 15) is 27.6 Å². The van der Waals surface area contributed by atoms with Gasteiger partial charge in [-0.1, -0.05) is 32.4 Å². The number of carbonyl (C=O) groups is 4. The molecule has 2 heterocycles. The van der Waals surface area contributed by atoms with Gasteiger partial charge < -0.3 is 35.1 Å². The average molecular weight is 827 g/mol. The molecule has 320 valence electrons. The second kappa shape index (κ2) is 18.5. The summed E-state index contributed by atoms with van der Waals surface area (Å²) < 4.78 is 44.5. The molecule has 2 saturated carbocycles. The number of nitrogens with zero attached hydrogens (tertiary/aromatic N) is 3. The van der Waals surface area contributed by atoms with Crippen LogP contribution in [0, 0.1) is 23.7 Å². The smallest absolute Gasteiger partial charge is 0.408 e. The summed E-state index contributed by atoms with van der Waals surface area (Å²) in [6, 6.07) is 5.47. The number of benzene rings is 1. The second-order valence-corrected chi connectivity index (χ2v) is 19.5. The minimum atomic E-state index is -3.59. The summed E-state index contributed by atoms with van der Waals surface area (Å²) in [7, 11) is 1.75. The molecule has 58 heavy (non-hydrogen) atoms. The number of hydrogen-bond acceptors (Lipinski definition) is 11. The van der Waals surface area contributed by atoms with E-state index in [1.165, 1.54) is 4.90 Å². The van der Waals surface area contributed by atoms with Gasteiger partial charge in [-0.05, 0) is 113 Å². The lowest BCUT2D eigenvalue weighted by Crippen LogP contribution is -2.56. The van der Waals surface area contributed by atoms with Crippen molar-refractivity contribution < 1.29 is 41.8 Å². The number of primary amides is 1. The molecule has 16 heteroatoms. The molecule has 2 aromatic rings. The summed E-state index contributed by atoms with van der Waals surface area (Å²) in [6.07, 6.45) is 8.46. The third kappa shape index (κ3) is 11.5. The van der Waals surface area contributed by atoms with Crippen LogP contribution in [0.2, 0.25) is 0 Å². The molecule has 2 aliphatic carbocycles. The molecule has 4 amide bonds. The Morgan fingerprint density at radius 2 is 1.81 bits per heavy atom. The average Bonchev–Trinajstić information content (AvgIpc) is 3.77. The van der Waals surface area contributed by atoms with Crippen molar-refractivity contribution in [2.24, 2.45) is 29.4 Å². The minimum absolute atomic E-state index is 0.0231. The number of nitrogens with one attached hydrogen (secondary N) is 2. The molecule has 1 saturated heterocycles. The number of anilines is 1. The van der Waals surface area contributed by atoms with Crippen LogP contribution in [0.1, 0.15) is 92.4 Å². The Labute approximate surface area is 342 Å². The highest BCUT2D eigenvalue weighted by atomic mass is 32.2. The number of nitrogens with two attached hydrogens (primary N) is 1. The first-order valence-corrected chi connectivity index (χ1v) is 21.9. The summed E-state index contributed by atoms with van der Waals surface area (Å²) in [5.41, 5.74) is 5.09. The standard InChI is InChI=1S/C42H62N6O9S/c1-25(12-9-10-13-27-14-11-15-32(27)38(50)46-58(53,54)31-17-18-31)20-26(2)36(45-41(52)57-42(3,4)5)40(51)48-24-30(23-34(48)37(43)49)56-39-33-19-16-29(55-8)21-28(33)22-35(44-39)47(6)7/h10,13,16,19,21-22,25-27,30-32,34,36H,9,11-12,14-15,17-18,20,23-24H2,1-8H3,(H2,43,49)(H,45,52)(H,46,50)/b13-10-/t25-,26-,27-,30-,32?,34+,36+/m1/s1. The van der Waals surface area contributed by atoms with E-state index in [4.69, 9.17) is 24.9 Å². The molecule has 15 nitrogen and oxygen atoms in total. The maximum absolute atomic E-state index is 14.5. The molecule has 1 aromatic carbocycles. The maximum atomic E-state index is 14.5. The Hall–Kier alpha value is -4.60. The van der Waals surface area contributed by atoms with Crippen LogP contribution in [0.4, 0.5) is 10.6 Å². The first-order chi connectivity index (χ1) is 27.3. The SMILES string of the molecule is COc1ccc2c(O[C@@H]3C[C@@H](C(N)=O)N(C(=O)[C@@H](NC(=O)OC(C)(C)C)[C@H](C)C[C@H](C)CC/C=C\[C@@H]4CCCC4C(=O)NS(=O)(=O)C4CC4)C3)nc(N(C)C)cc2c1. The fraction of sp³-hybridized carbons (Fsp3) is 0.643. The van der Waals surface area contributed by atoms with E-state index in [1.807, 2.05) is 56.3 Å². The van der Waals surface area contributed by atoms with Crippen molar-refractivity contribution in [1.29, 1.82) is 0 Å². The van der Waals surface area contributed by atoms with Crippen molar-refractivity contribution in [1.82, 2.24) is 19.9 Å². The fourth-order valence-electron chi connectivity index (χ4n) is 8.01. The second-order valence-electron chi connectivity index (χ2n) is 17.5. The van der Waals surface area contributed by atoms with E-state index in [1.54, 1.807) is 27.9 Å². The van der Waals surface area contributed by atoms with Crippen molar-refractivity contribution in [3.8, 4) is 11.6 Å². The third-order valence-corrected chi connectivity index (χ3v) is 13.0. The van der Waals surface area contributed by atoms with E-state index in [0.717, 1.165) is 36.5 Å². The monoisotopic (exact) mass is 826 g/mol. The third-order valence-electron chi connectivity index (χ3n) is 11.2. The number of hydrogen-bond donors (Lipinski definition) is 3. The van der Waals surface area contributed by atoms with Crippen molar-refractivity contribution >= 4 is 50.4 Å². The van der Waals surface area contributed by atoms with Gasteiger partial charge in [0.15, 0.2) is 0 Å². The zero-order valence-electron chi connectivity index (χ0n) is 35.2. The Morgan fingerprint density at radius 1 is 1.09 bits per heavy atom. The lowest BCUT2D eigenvalue weighted by atomic mass is 9.87. The minimum Gasteiger partial charge on any atom is -0.497 e. The number of carbonyl (C=O) groups excluding carboxylic acids is 4. The van der Waals surface area contributed by atoms with Crippen LogP contribution in [0.15, 0.2) is 36.4 Å². The first-order valence-electron chi connectivity index (χ1n) is 20.4. The summed E-state index contributed by atoms with van der Waals surface area (Å²) in [5.74, 6) is -0.494. The Kier molecular flexibility index (Phi) is 14.2. The van der Waals surface area contributed by atoms with Gasteiger partial charge >= 0.3 is 6.09 Å². The molecule has 3 aliphatic rings. The molecule has 1 aliphatic heterocycles. The highest BCUT2D eigenvalue weighted by Gasteiger charge is 2.44. The number of aromatic nitrogens is 1. The van der Waals surface area contributed by atoms with Crippen molar-refractivity contribution in [3.05, 3.63) is 36.4 Å². The van der Waals surface area contributed by atoms with Crippen molar-refractivity contribution in [2.45, 2.75) is 121 Å². The normalized spacial score (nSPS) is 22.7. The molecule has 4 N–H and O–H groups in total. The Morgan fingerprint density at radius 3 is 2.45 bits per heavy atom. The fourth-order valence-corrected chi connectivity index (χ4v) is 9.37. The van der Waals surface area contributed by atoms with E-state index in [-0.39, 0.29) is 36.6 Å². The largest absolute Gasteiger partial charge is 0.497 e. The number of fused-ring (bicyclic) bond motifs is 1. The van der Waals surface area contributed by atoms with Crippen LogP contribution in [0.25, 0.3) is 10.8 Å². The van der Waals surface area contributed by atoms with Crippen LogP contribution in [0.5, 0.6) is 11.6 Å². The van der Waals surface area contributed by atoms with Gasteiger partial charge in [0.25, 0.3) is 0 Å². The summed E-state index contributed by atoms with van der Waals surface area (Å²) in [4.78, 5) is 61.4. The predicted octanol–water partition coefficient (Wildman–Crippen LogP) is 5.06. The highest BCUT2D eigenvalue weighted by Crippen LogP contribution is 2.36. The predicted molar refractivity (Wildman–Crippen MR) is 222 cm³/mol. The molecular formula is C42H62N6O9S. The van der Waals surface area contributed by atoms with Crippen LogP contribution >= 0.6 is 0 Å². The number of sulfonamides is 1. The Bertz CT molecular complexity index is 1960. The maximum Gasteiger partial charge on any atom is 0.408 e. The van der Waals surface area contributed by atoms with Gasteiger partial charge in [-0.3, -0.25) is 19.1 Å². The molecule has 0 spiro atoms. The summed E-state index contributed by atoms with van der Waals surface area (Å²) in [5, 5.41) is 3.95. The zero-order chi connectivity index (χ0) is 42.5. The van der Waals surface area contributed by atoms with E-state index in [2.05, 4.69) is 23.0 Å². The topological polar surface area (TPSA) is 200 Å². The molecule has 3 fully saturated rings. The molecule has 1 unspecified atom stereocenters. The number of amides is 4. The van der Waals surface area contributed by atoms with Gasteiger partial charge in [-0.2, -0.15) is 4.98 Å². The number of allylic oxidation sites excluding steroid dienone is 2. The zero-order valence-corrected chi connectivity index (χ0v) is 36.0. The van der Waals surface area contributed by atoms with Crippen LogP contribution < -0.4 is 30.1 Å². The lowest BCUT2D eigenvalue weighted by molar-refractivity contribution is -0.140. The van der Waals surface area contributed by atoms with Gasteiger partial charge in [0.05, 0.1) is 18.9 Å². The molecular weight excluding hydrogens is 765 g/mol. The summed E-state index contributed by atoms with van der Waals surface area (Å²) >= 11 is 0. The molecule has 1 aromatic heterocycles. The van der Waals surface area contributed by atoms with Gasteiger partial charge in [-0.15, -0.1) is 0 Å². The molecule has 7 atom stereocenters. The van der Waals surface area contributed by atoms with Gasteiger partial charge in [-0.25, -0.2) is 13.2 Å². The molecule has 5 rings (SSSR count). The number of ether oxygens (including phenoxy) is 3. The van der Waals surface area contributed by atoms with Crippen LogP contribution in [0.3, 0.4) is 0 Å². The van der Waals surface area contributed by atoms with E-state index in [0.29, 0.717) is 43.1 Å². The molecule has 0 bridgehead atoms.